The molecule has 180 valence electrons. The fourth-order valence-electron chi connectivity index (χ4n) is 2.83. The van der Waals surface area contributed by atoms with Crippen LogP contribution in [0.25, 0.3) is 0 Å². The van der Waals surface area contributed by atoms with Crippen molar-refractivity contribution in [1.29, 1.82) is 0 Å². The van der Waals surface area contributed by atoms with E-state index >= 15 is 0 Å². The van der Waals surface area contributed by atoms with Gasteiger partial charge in [-0.1, -0.05) is 19.4 Å². The lowest BCUT2D eigenvalue weighted by molar-refractivity contribution is 0.102. The molecule has 0 saturated heterocycles. The second-order valence-corrected chi connectivity index (χ2v) is 8.78. The molecule has 0 bridgehead atoms. The number of benzene rings is 2. The number of rotatable bonds is 11. The maximum absolute atomic E-state index is 12.7. The standard InChI is InChI=1S/C23H26N4O6S/c1-4-5-13-33-18-8-6-7-16(14-18)22(28)24-17-9-11-19(12-10-17)34(29,30)27-20-15-21(31-2)26-23(25-20)32-3/h6-12,14-15H,4-5,13H2,1-3H3,(H,24,28)(H,25,26,27). The van der Waals surface area contributed by atoms with Crippen LogP contribution in [0.15, 0.2) is 59.5 Å². The quantitative estimate of drug-likeness (QED) is 0.392. The molecule has 0 aliphatic heterocycles. The molecule has 10 nitrogen and oxygen atoms in total. The first-order valence-corrected chi connectivity index (χ1v) is 12.0. The average Bonchev–Trinajstić information content (AvgIpc) is 2.84. The van der Waals surface area contributed by atoms with Crippen LogP contribution in [-0.4, -0.2) is 45.1 Å². The van der Waals surface area contributed by atoms with Gasteiger partial charge >= 0.3 is 6.01 Å². The van der Waals surface area contributed by atoms with E-state index in [0.29, 0.717) is 23.6 Å². The van der Waals surface area contributed by atoms with Gasteiger partial charge in [0.1, 0.15) is 5.75 Å². The van der Waals surface area contributed by atoms with Gasteiger partial charge in [-0.3, -0.25) is 9.52 Å². The number of sulfonamides is 1. The summed E-state index contributed by atoms with van der Waals surface area (Å²) >= 11 is 0. The highest BCUT2D eigenvalue weighted by molar-refractivity contribution is 7.92. The second kappa shape index (κ2) is 11.3. The number of aromatic nitrogens is 2. The number of carbonyl (C=O) groups excluding carboxylic acids is 1. The highest BCUT2D eigenvalue weighted by atomic mass is 32.2. The van der Waals surface area contributed by atoms with Gasteiger partial charge < -0.3 is 19.5 Å². The number of nitrogens with one attached hydrogen (secondary N) is 2. The van der Waals surface area contributed by atoms with Gasteiger partial charge in [0.05, 0.1) is 25.7 Å². The number of unbranched alkanes of at least 4 members (excludes halogenated alkanes) is 1. The minimum atomic E-state index is -3.96. The zero-order valence-electron chi connectivity index (χ0n) is 19.1. The van der Waals surface area contributed by atoms with Crippen molar-refractivity contribution < 1.29 is 27.4 Å². The van der Waals surface area contributed by atoms with Crippen LogP contribution in [0.4, 0.5) is 11.5 Å². The fourth-order valence-corrected chi connectivity index (χ4v) is 3.82. The maximum Gasteiger partial charge on any atom is 0.321 e. The Morgan fingerprint density at radius 1 is 1.00 bits per heavy atom. The Hall–Kier alpha value is -3.86. The predicted octanol–water partition coefficient (Wildman–Crippen LogP) is 3.73. The molecule has 0 unspecified atom stereocenters. The molecule has 1 heterocycles. The monoisotopic (exact) mass is 486 g/mol. The topological polar surface area (TPSA) is 129 Å². The third-order valence-electron chi connectivity index (χ3n) is 4.60. The predicted molar refractivity (Wildman–Crippen MR) is 127 cm³/mol. The highest BCUT2D eigenvalue weighted by Gasteiger charge is 2.17. The van der Waals surface area contributed by atoms with Crippen LogP contribution in [0.3, 0.4) is 0 Å². The lowest BCUT2D eigenvalue weighted by atomic mass is 10.2. The van der Waals surface area contributed by atoms with Gasteiger partial charge in [-0.25, -0.2) is 8.42 Å². The third kappa shape index (κ3) is 6.58. The lowest BCUT2D eigenvalue weighted by Crippen LogP contribution is -2.15. The number of methoxy groups -OCH3 is 2. The Morgan fingerprint density at radius 3 is 2.44 bits per heavy atom. The smallest absolute Gasteiger partial charge is 0.321 e. The van der Waals surface area contributed by atoms with E-state index in [2.05, 4.69) is 26.9 Å². The molecule has 0 spiro atoms. The molecule has 3 aromatic rings. The third-order valence-corrected chi connectivity index (χ3v) is 5.97. The van der Waals surface area contributed by atoms with E-state index in [1.54, 1.807) is 24.3 Å². The molecule has 1 amide bonds. The van der Waals surface area contributed by atoms with E-state index in [9.17, 15) is 13.2 Å². The van der Waals surface area contributed by atoms with E-state index in [4.69, 9.17) is 14.2 Å². The van der Waals surface area contributed by atoms with Gasteiger partial charge in [-0.05, 0) is 48.9 Å². The van der Waals surface area contributed by atoms with Crippen LogP contribution in [0.1, 0.15) is 30.1 Å². The molecule has 1 aromatic heterocycles. The summed E-state index contributed by atoms with van der Waals surface area (Å²) in [5, 5.41) is 2.75. The summed E-state index contributed by atoms with van der Waals surface area (Å²) in [5.74, 6) is 0.408. The van der Waals surface area contributed by atoms with Gasteiger partial charge in [0, 0.05) is 17.3 Å². The molecule has 0 radical (unpaired) electrons. The van der Waals surface area contributed by atoms with Crippen molar-refractivity contribution in [3.05, 3.63) is 60.2 Å². The van der Waals surface area contributed by atoms with Gasteiger partial charge in [0.2, 0.25) is 5.88 Å². The lowest BCUT2D eigenvalue weighted by Gasteiger charge is -2.11. The fraction of sp³-hybridized carbons (Fsp3) is 0.261. The Balaban J connectivity index is 1.69. The van der Waals surface area contributed by atoms with E-state index in [1.165, 1.54) is 44.6 Å². The van der Waals surface area contributed by atoms with Crippen molar-refractivity contribution in [2.75, 3.05) is 30.9 Å². The maximum atomic E-state index is 12.7. The van der Waals surface area contributed by atoms with E-state index in [0.717, 1.165) is 12.8 Å². The first-order chi connectivity index (χ1) is 16.3. The Bertz CT molecular complexity index is 1210. The van der Waals surface area contributed by atoms with Gasteiger partial charge in [-0.2, -0.15) is 9.97 Å². The average molecular weight is 487 g/mol. The van der Waals surface area contributed by atoms with Crippen LogP contribution in [0.5, 0.6) is 17.6 Å². The number of amides is 1. The van der Waals surface area contributed by atoms with Crippen molar-refractivity contribution in [3.8, 4) is 17.6 Å². The summed E-state index contributed by atoms with van der Waals surface area (Å²) in [7, 11) is -1.21. The summed E-state index contributed by atoms with van der Waals surface area (Å²) in [6, 6.07) is 13.9. The summed E-state index contributed by atoms with van der Waals surface area (Å²) in [4.78, 5) is 20.5. The second-order valence-electron chi connectivity index (χ2n) is 7.10. The number of nitrogens with zero attached hydrogens (tertiary/aromatic N) is 2. The molecule has 2 N–H and O–H groups in total. The van der Waals surface area contributed by atoms with Crippen molar-refractivity contribution in [1.82, 2.24) is 9.97 Å². The molecular formula is C23H26N4O6S. The molecule has 2 aromatic carbocycles. The van der Waals surface area contributed by atoms with Crippen molar-refractivity contribution in [2.45, 2.75) is 24.7 Å². The molecular weight excluding hydrogens is 460 g/mol. The molecule has 0 aliphatic carbocycles. The first kappa shape index (κ1) is 24.8. The minimum Gasteiger partial charge on any atom is -0.494 e. The molecule has 3 rings (SSSR count). The largest absolute Gasteiger partial charge is 0.494 e. The molecule has 34 heavy (non-hydrogen) atoms. The SMILES string of the molecule is CCCCOc1cccc(C(=O)Nc2ccc(S(=O)(=O)Nc3cc(OC)nc(OC)n3)cc2)c1. The van der Waals surface area contributed by atoms with E-state index < -0.39 is 10.0 Å². The zero-order valence-corrected chi connectivity index (χ0v) is 19.9. The Kier molecular flexibility index (Phi) is 8.25. The van der Waals surface area contributed by atoms with Crippen LogP contribution < -0.4 is 24.2 Å². The number of anilines is 2. The summed E-state index contributed by atoms with van der Waals surface area (Å²) in [5.41, 5.74) is 0.866. The van der Waals surface area contributed by atoms with Gasteiger partial charge in [0.15, 0.2) is 5.82 Å². The summed E-state index contributed by atoms with van der Waals surface area (Å²) < 4.78 is 43.5. The number of hydrogen-bond donors (Lipinski definition) is 2. The number of hydrogen-bond acceptors (Lipinski definition) is 8. The number of ether oxygens (including phenoxy) is 3. The van der Waals surface area contributed by atoms with Crippen molar-refractivity contribution >= 4 is 27.4 Å². The minimum absolute atomic E-state index is 0.0119. The highest BCUT2D eigenvalue weighted by Crippen LogP contribution is 2.22. The van der Waals surface area contributed by atoms with E-state index in [1.807, 2.05) is 0 Å². The zero-order chi connectivity index (χ0) is 24.6. The molecule has 0 atom stereocenters. The summed E-state index contributed by atoms with van der Waals surface area (Å²) in [6.45, 7) is 2.66. The van der Waals surface area contributed by atoms with Gasteiger partial charge in [-0.15, -0.1) is 0 Å². The van der Waals surface area contributed by atoms with E-state index in [-0.39, 0.29) is 28.5 Å². The van der Waals surface area contributed by atoms with Gasteiger partial charge in [0.25, 0.3) is 15.9 Å². The van der Waals surface area contributed by atoms with Crippen molar-refractivity contribution in [2.24, 2.45) is 0 Å². The molecule has 0 aliphatic rings. The Labute approximate surface area is 198 Å². The number of carbonyl (C=O) groups is 1. The molecule has 0 saturated carbocycles. The van der Waals surface area contributed by atoms with Crippen molar-refractivity contribution in [3.63, 3.8) is 0 Å². The molecule has 0 fully saturated rings. The van der Waals surface area contributed by atoms with Crippen LogP contribution in [-0.2, 0) is 10.0 Å². The normalized spacial score (nSPS) is 10.9. The first-order valence-electron chi connectivity index (χ1n) is 10.5. The van der Waals surface area contributed by atoms with Crippen LogP contribution in [0.2, 0.25) is 0 Å². The Morgan fingerprint density at radius 2 is 1.76 bits per heavy atom. The van der Waals surface area contributed by atoms with Crippen LogP contribution >= 0.6 is 0 Å². The molecule has 11 heteroatoms. The van der Waals surface area contributed by atoms with Crippen LogP contribution in [0, 0.1) is 0 Å². The summed E-state index contributed by atoms with van der Waals surface area (Å²) in [6.07, 6.45) is 1.95.